The number of nitrogens with zero attached hydrogens (tertiary/aromatic N) is 2. The van der Waals surface area contributed by atoms with Crippen LogP contribution >= 0.6 is 0 Å². The number of methoxy groups -OCH3 is 1. The molecular formula is C22H20N2O5. The summed E-state index contributed by atoms with van der Waals surface area (Å²) < 4.78 is 10.5. The number of para-hydroxylation sites is 1. The second-order valence-corrected chi connectivity index (χ2v) is 6.21. The lowest BCUT2D eigenvalue weighted by atomic mass is 9.98. The van der Waals surface area contributed by atoms with Crippen LogP contribution < -0.4 is 4.74 Å². The Labute approximate surface area is 168 Å². The molecule has 7 heteroatoms. The van der Waals surface area contributed by atoms with E-state index in [1.165, 1.54) is 12.1 Å². The zero-order valence-electron chi connectivity index (χ0n) is 16.1. The van der Waals surface area contributed by atoms with Gasteiger partial charge in [0.05, 0.1) is 24.3 Å². The number of carbonyl (C=O) groups excluding carboxylic acids is 1. The third-order valence-corrected chi connectivity index (χ3v) is 4.37. The summed E-state index contributed by atoms with van der Waals surface area (Å²) in [5, 5.41) is 10.9. The van der Waals surface area contributed by atoms with Crippen molar-refractivity contribution in [3.63, 3.8) is 0 Å². The molecule has 1 heterocycles. The van der Waals surface area contributed by atoms with Gasteiger partial charge in [0.2, 0.25) is 0 Å². The first-order chi connectivity index (χ1) is 14.0. The van der Waals surface area contributed by atoms with E-state index in [1.807, 2.05) is 30.3 Å². The number of rotatable bonds is 7. The molecule has 0 N–H and O–H groups in total. The number of pyridine rings is 1. The molecule has 0 radical (unpaired) electrons. The smallest absolute Gasteiger partial charge is 0.356 e. The van der Waals surface area contributed by atoms with E-state index >= 15 is 0 Å². The van der Waals surface area contributed by atoms with E-state index in [-0.39, 0.29) is 18.0 Å². The van der Waals surface area contributed by atoms with E-state index in [0.717, 1.165) is 16.7 Å². The molecule has 0 aliphatic carbocycles. The Hall–Kier alpha value is -3.74. The zero-order chi connectivity index (χ0) is 20.8. The molecule has 0 bridgehead atoms. The highest BCUT2D eigenvalue weighted by molar-refractivity contribution is 5.88. The third-order valence-electron chi connectivity index (χ3n) is 4.37. The Morgan fingerprint density at radius 1 is 1.03 bits per heavy atom. The second-order valence-electron chi connectivity index (χ2n) is 6.21. The fraction of sp³-hybridized carbons (Fsp3) is 0.182. The summed E-state index contributed by atoms with van der Waals surface area (Å²) in [6, 6.07) is 17.2. The average molecular weight is 392 g/mol. The van der Waals surface area contributed by atoms with Gasteiger partial charge in [-0.3, -0.25) is 10.1 Å². The van der Waals surface area contributed by atoms with Gasteiger partial charge in [-0.15, -0.1) is 0 Å². The number of nitro benzene ring substituents is 1. The van der Waals surface area contributed by atoms with Gasteiger partial charge in [0.25, 0.3) is 5.69 Å². The highest BCUT2D eigenvalue weighted by Crippen LogP contribution is 2.33. The maximum atomic E-state index is 12.2. The molecule has 1 aromatic heterocycles. The molecular weight excluding hydrogens is 372 g/mol. The molecule has 0 amide bonds. The van der Waals surface area contributed by atoms with Crippen LogP contribution in [-0.2, 0) is 11.2 Å². The van der Waals surface area contributed by atoms with Gasteiger partial charge in [0.1, 0.15) is 11.4 Å². The maximum absolute atomic E-state index is 12.2. The first-order valence-electron chi connectivity index (χ1n) is 9.07. The first kappa shape index (κ1) is 20.0. The van der Waals surface area contributed by atoms with Gasteiger partial charge in [0.15, 0.2) is 0 Å². The van der Waals surface area contributed by atoms with Crippen molar-refractivity contribution in [3.8, 4) is 16.9 Å². The van der Waals surface area contributed by atoms with Crippen LogP contribution in [0.4, 0.5) is 5.69 Å². The summed E-state index contributed by atoms with van der Waals surface area (Å²) in [4.78, 5) is 27.1. The van der Waals surface area contributed by atoms with Crippen LogP contribution in [0.1, 0.15) is 28.7 Å². The number of nitro groups is 1. The number of carbonyl (C=O) groups is 1. The summed E-state index contributed by atoms with van der Waals surface area (Å²) in [6.07, 6.45) is 0.388. The van der Waals surface area contributed by atoms with Crippen LogP contribution in [0.15, 0.2) is 60.7 Å². The van der Waals surface area contributed by atoms with Crippen molar-refractivity contribution in [3.05, 3.63) is 87.7 Å². The van der Waals surface area contributed by atoms with Crippen LogP contribution in [0.25, 0.3) is 11.1 Å². The lowest BCUT2D eigenvalue weighted by molar-refractivity contribution is -0.384. The summed E-state index contributed by atoms with van der Waals surface area (Å²) in [6.45, 7) is 1.99. The SMILES string of the molecule is CCOC(=O)c1ccc(-c2ccccc2OC)c(Cc2ccc([N+](=O)[O-])cc2)n1. The molecule has 2 aromatic carbocycles. The van der Waals surface area contributed by atoms with Gasteiger partial charge < -0.3 is 9.47 Å². The van der Waals surface area contributed by atoms with Crippen molar-refractivity contribution in [2.75, 3.05) is 13.7 Å². The standard InChI is InChI=1S/C22H20N2O5/c1-3-29-22(25)19-13-12-17(18-6-4-5-7-21(18)28-2)20(23-19)14-15-8-10-16(11-9-15)24(26)27/h4-13H,3,14H2,1-2H3. The minimum Gasteiger partial charge on any atom is -0.496 e. The van der Waals surface area contributed by atoms with Gasteiger partial charge in [-0.1, -0.05) is 30.3 Å². The lowest BCUT2D eigenvalue weighted by Gasteiger charge is -2.14. The van der Waals surface area contributed by atoms with Crippen LogP contribution in [0.3, 0.4) is 0 Å². The summed E-state index contributed by atoms with van der Waals surface area (Å²) in [5.74, 6) is 0.187. The van der Waals surface area contributed by atoms with Crippen LogP contribution in [-0.4, -0.2) is 29.6 Å². The topological polar surface area (TPSA) is 91.6 Å². The highest BCUT2D eigenvalue weighted by Gasteiger charge is 2.17. The molecule has 0 saturated heterocycles. The van der Waals surface area contributed by atoms with Crippen LogP contribution in [0.2, 0.25) is 0 Å². The van der Waals surface area contributed by atoms with Crippen LogP contribution in [0, 0.1) is 10.1 Å². The normalized spacial score (nSPS) is 10.4. The summed E-state index contributed by atoms with van der Waals surface area (Å²) >= 11 is 0. The Kier molecular flexibility index (Phi) is 6.19. The minimum atomic E-state index is -0.496. The lowest BCUT2D eigenvalue weighted by Crippen LogP contribution is -2.09. The Balaban J connectivity index is 2.06. The Morgan fingerprint density at radius 3 is 2.41 bits per heavy atom. The second kappa shape index (κ2) is 8.97. The molecule has 29 heavy (non-hydrogen) atoms. The van der Waals surface area contributed by atoms with Gasteiger partial charge in [-0.2, -0.15) is 0 Å². The molecule has 3 aromatic rings. The molecule has 7 nitrogen and oxygen atoms in total. The maximum Gasteiger partial charge on any atom is 0.356 e. The van der Waals surface area contributed by atoms with Crippen molar-refractivity contribution in [2.24, 2.45) is 0 Å². The number of benzene rings is 2. The fourth-order valence-corrected chi connectivity index (χ4v) is 3.00. The molecule has 148 valence electrons. The van der Waals surface area contributed by atoms with Crippen molar-refractivity contribution in [1.82, 2.24) is 4.98 Å². The number of esters is 1. The molecule has 0 saturated carbocycles. The van der Waals surface area contributed by atoms with E-state index < -0.39 is 10.9 Å². The highest BCUT2D eigenvalue weighted by atomic mass is 16.6. The number of hydrogen-bond acceptors (Lipinski definition) is 6. The molecule has 0 atom stereocenters. The monoisotopic (exact) mass is 392 g/mol. The predicted molar refractivity (Wildman–Crippen MR) is 108 cm³/mol. The largest absolute Gasteiger partial charge is 0.496 e. The molecule has 0 fully saturated rings. The molecule has 0 unspecified atom stereocenters. The van der Waals surface area contributed by atoms with Crippen molar-refractivity contribution in [1.29, 1.82) is 0 Å². The third kappa shape index (κ3) is 4.57. The molecule has 3 rings (SSSR count). The first-order valence-corrected chi connectivity index (χ1v) is 9.07. The van der Waals surface area contributed by atoms with Crippen LogP contribution in [0.5, 0.6) is 5.75 Å². The number of hydrogen-bond donors (Lipinski definition) is 0. The fourth-order valence-electron chi connectivity index (χ4n) is 3.00. The van der Waals surface area contributed by atoms with E-state index in [9.17, 15) is 14.9 Å². The van der Waals surface area contributed by atoms with E-state index in [1.54, 1.807) is 32.2 Å². The van der Waals surface area contributed by atoms with E-state index in [0.29, 0.717) is 17.9 Å². The van der Waals surface area contributed by atoms with E-state index in [4.69, 9.17) is 9.47 Å². The molecule has 0 aliphatic rings. The molecule has 0 spiro atoms. The number of ether oxygens (including phenoxy) is 2. The minimum absolute atomic E-state index is 0.0203. The van der Waals surface area contributed by atoms with Gasteiger partial charge in [0, 0.05) is 29.7 Å². The summed E-state index contributed by atoms with van der Waals surface area (Å²) in [5.41, 5.74) is 3.37. The Bertz CT molecular complexity index is 1030. The Morgan fingerprint density at radius 2 is 1.76 bits per heavy atom. The van der Waals surface area contributed by atoms with Crippen molar-refractivity contribution >= 4 is 11.7 Å². The number of aromatic nitrogens is 1. The quantitative estimate of drug-likeness (QED) is 0.335. The average Bonchev–Trinajstić information content (AvgIpc) is 2.74. The zero-order valence-corrected chi connectivity index (χ0v) is 16.1. The van der Waals surface area contributed by atoms with Crippen molar-refractivity contribution in [2.45, 2.75) is 13.3 Å². The van der Waals surface area contributed by atoms with Gasteiger partial charge in [-0.05, 0) is 30.7 Å². The van der Waals surface area contributed by atoms with Gasteiger partial charge >= 0.3 is 5.97 Å². The predicted octanol–water partition coefficient (Wildman–Crippen LogP) is 4.43. The summed E-state index contributed by atoms with van der Waals surface area (Å²) in [7, 11) is 1.59. The van der Waals surface area contributed by atoms with Crippen molar-refractivity contribution < 1.29 is 19.2 Å². The van der Waals surface area contributed by atoms with Gasteiger partial charge in [-0.25, -0.2) is 9.78 Å². The number of non-ortho nitro benzene ring substituents is 1. The van der Waals surface area contributed by atoms with E-state index in [2.05, 4.69) is 4.98 Å². The molecule has 0 aliphatic heterocycles.